The Kier molecular flexibility index (Phi) is 7.92. The maximum atomic E-state index is 13.5. The van der Waals surface area contributed by atoms with Gasteiger partial charge < -0.3 is 25.0 Å². The van der Waals surface area contributed by atoms with Crippen molar-refractivity contribution in [3.63, 3.8) is 0 Å². The Morgan fingerprint density at radius 1 is 1.06 bits per heavy atom. The van der Waals surface area contributed by atoms with E-state index in [1.54, 1.807) is 27.3 Å². The lowest BCUT2D eigenvalue weighted by atomic mass is 10.1. The molecule has 6 nitrogen and oxygen atoms in total. The van der Waals surface area contributed by atoms with Gasteiger partial charge in [-0.3, -0.25) is 4.99 Å². The predicted molar refractivity (Wildman–Crippen MR) is 119 cm³/mol. The molecule has 0 bridgehead atoms. The zero-order valence-corrected chi connectivity index (χ0v) is 18.3. The van der Waals surface area contributed by atoms with E-state index < -0.39 is 11.6 Å². The maximum Gasteiger partial charge on any atom is 0.190 e. The molecule has 1 atom stereocenters. The number of nitrogens with zero attached hydrogens (tertiary/aromatic N) is 2. The highest BCUT2D eigenvalue weighted by molar-refractivity contribution is 5.79. The molecule has 168 valence electrons. The highest BCUT2D eigenvalue weighted by Gasteiger charge is 2.23. The van der Waals surface area contributed by atoms with Crippen molar-refractivity contribution in [3.8, 4) is 11.5 Å². The average molecular weight is 433 g/mol. The summed E-state index contributed by atoms with van der Waals surface area (Å²) in [6.45, 7) is 3.10. The van der Waals surface area contributed by atoms with E-state index in [0.717, 1.165) is 56.2 Å². The highest BCUT2D eigenvalue weighted by atomic mass is 19.2. The number of nitrogens with one attached hydrogen (secondary N) is 2. The van der Waals surface area contributed by atoms with Gasteiger partial charge in [0.25, 0.3) is 0 Å². The van der Waals surface area contributed by atoms with E-state index in [0.29, 0.717) is 17.4 Å². The van der Waals surface area contributed by atoms with Crippen molar-refractivity contribution >= 4 is 11.6 Å². The fourth-order valence-electron chi connectivity index (χ4n) is 3.74. The zero-order valence-electron chi connectivity index (χ0n) is 18.3. The summed E-state index contributed by atoms with van der Waals surface area (Å²) in [4.78, 5) is 6.37. The van der Waals surface area contributed by atoms with Crippen LogP contribution in [0.4, 0.5) is 14.5 Å². The van der Waals surface area contributed by atoms with E-state index in [1.165, 1.54) is 12.1 Å². The predicted octanol–water partition coefficient (Wildman–Crippen LogP) is 3.22. The smallest absolute Gasteiger partial charge is 0.190 e. The lowest BCUT2D eigenvalue weighted by Crippen LogP contribution is -2.41. The van der Waals surface area contributed by atoms with Gasteiger partial charge in [-0.2, -0.15) is 0 Å². The topological polar surface area (TPSA) is 58.1 Å². The molecule has 1 aliphatic rings. The van der Waals surface area contributed by atoms with E-state index >= 15 is 0 Å². The zero-order chi connectivity index (χ0) is 22.2. The third kappa shape index (κ3) is 5.99. The monoisotopic (exact) mass is 432 g/mol. The van der Waals surface area contributed by atoms with Crippen LogP contribution in [0.2, 0.25) is 0 Å². The number of hydrogen-bond donors (Lipinski definition) is 2. The number of ether oxygens (including phenoxy) is 2. The molecule has 1 fully saturated rings. The molecule has 2 aromatic carbocycles. The highest BCUT2D eigenvalue weighted by Crippen LogP contribution is 2.27. The van der Waals surface area contributed by atoms with Gasteiger partial charge in [0.1, 0.15) is 0 Å². The molecule has 8 heteroatoms. The molecule has 2 aromatic rings. The van der Waals surface area contributed by atoms with Gasteiger partial charge in [-0.05, 0) is 48.6 Å². The normalized spacial score (nSPS) is 16.4. The lowest BCUT2D eigenvalue weighted by Gasteiger charge is -2.19. The van der Waals surface area contributed by atoms with Crippen LogP contribution in [-0.2, 0) is 6.42 Å². The molecule has 0 radical (unpaired) electrons. The molecule has 0 aliphatic carbocycles. The lowest BCUT2D eigenvalue weighted by molar-refractivity contribution is 0.354. The summed E-state index contributed by atoms with van der Waals surface area (Å²) in [6, 6.07) is 9.97. The summed E-state index contributed by atoms with van der Waals surface area (Å²) in [6.07, 6.45) is 1.79. The molecule has 0 aromatic heterocycles. The summed E-state index contributed by atoms with van der Waals surface area (Å²) >= 11 is 0. The van der Waals surface area contributed by atoms with E-state index in [1.807, 2.05) is 18.2 Å². The minimum atomic E-state index is -0.816. The fourth-order valence-corrected chi connectivity index (χ4v) is 3.74. The van der Waals surface area contributed by atoms with Crippen molar-refractivity contribution in [2.45, 2.75) is 12.8 Å². The van der Waals surface area contributed by atoms with Crippen molar-refractivity contribution in [1.82, 2.24) is 10.6 Å². The number of anilines is 1. The van der Waals surface area contributed by atoms with Crippen LogP contribution in [0.15, 0.2) is 41.4 Å². The van der Waals surface area contributed by atoms with Crippen LogP contribution in [0, 0.1) is 17.6 Å². The first-order valence-electron chi connectivity index (χ1n) is 10.4. The number of guanidine groups is 1. The Balaban J connectivity index is 1.43. The number of benzene rings is 2. The number of hydrogen-bond acceptors (Lipinski definition) is 4. The summed E-state index contributed by atoms with van der Waals surface area (Å²) in [5, 5.41) is 6.69. The van der Waals surface area contributed by atoms with Gasteiger partial charge in [-0.25, -0.2) is 8.78 Å². The molecule has 1 unspecified atom stereocenters. The standard InChI is InChI=1S/C23H30F2N4O2/c1-26-23(27-10-8-16-4-7-21(30-2)22(12-16)31-3)28-14-17-9-11-29(15-17)18-5-6-19(24)20(25)13-18/h4-7,12-13,17H,8-11,14-15H2,1-3H3,(H2,26,27,28). The first kappa shape index (κ1) is 22.7. The fraction of sp³-hybridized carbons (Fsp3) is 0.435. The van der Waals surface area contributed by atoms with E-state index in [4.69, 9.17) is 9.47 Å². The van der Waals surface area contributed by atoms with Crippen LogP contribution in [0.3, 0.4) is 0 Å². The third-order valence-electron chi connectivity index (χ3n) is 5.49. The third-order valence-corrected chi connectivity index (χ3v) is 5.49. The van der Waals surface area contributed by atoms with Gasteiger partial charge in [0, 0.05) is 45.0 Å². The van der Waals surface area contributed by atoms with Gasteiger partial charge in [-0.15, -0.1) is 0 Å². The van der Waals surface area contributed by atoms with Crippen molar-refractivity contribution in [3.05, 3.63) is 53.6 Å². The molecule has 0 amide bonds. The van der Waals surface area contributed by atoms with E-state index in [9.17, 15) is 8.78 Å². The Hall–Kier alpha value is -3.03. The molecule has 3 rings (SSSR count). The second-order valence-electron chi connectivity index (χ2n) is 7.52. The minimum absolute atomic E-state index is 0.400. The molecule has 1 heterocycles. The van der Waals surface area contributed by atoms with Crippen molar-refractivity contribution in [2.75, 3.05) is 52.3 Å². The SMILES string of the molecule is CN=C(NCCc1ccc(OC)c(OC)c1)NCC1CCN(c2ccc(F)c(F)c2)C1. The summed E-state index contributed by atoms with van der Waals surface area (Å²) in [5.74, 6) is 0.951. The molecule has 1 saturated heterocycles. The molecule has 0 spiro atoms. The van der Waals surface area contributed by atoms with Crippen LogP contribution in [0.25, 0.3) is 0 Å². The molecule has 0 saturated carbocycles. The molecular formula is C23H30F2N4O2. The number of rotatable bonds is 8. The summed E-state index contributed by atoms with van der Waals surface area (Å²) in [7, 11) is 4.99. The molecular weight excluding hydrogens is 402 g/mol. The summed E-state index contributed by atoms with van der Waals surface area (Å²) in [5.41, 5.74) is 1.86. The van der Waals surface area contributed by atoms with Crippen LogP contribution >= 0.6 is 0 Å². The Morgan fingerprint density at radius 2 is 1.87 bits per heavy atom. The van der Waals surface area contributed by atoms with E-state index in [2.05, 4.69) is 20.5 Å². The first-order chi connectivity index (χ1) is 15.0. The molecule has 31 heavy (non-hydrogen) atoms. The Morgan fingerprint density at radius 3 is 2.58 bits per heavy atom. The van der Waals surface area contributed by atoms with Crippen molar-refractivity contribution in [2.24, 2.45) is 10.9 Å². The minimum Gasteiger partial charge on any atom is -0.493 e. The van der Waals surface area contributed by atoms with Crippen LogP contribution in [0.1, 0.15) is 12.0 Å². The summed E-state index contributed by atoms with van der Waals surface area (Å²) < 4.78 is 37.3. The Bertz CT molecular complexity index is 907. The number of aliphatic imine (C=N–C) groups is 1. The second kappa shape index (κ2) is 10.8. The molecule has 2 N–H and O–H groups in total. The van der Waals surface area contributed by atoms with Gasteiger partial charge in [0.2, 0.25) is 0 Å². The first-order valence-corrected chi connectivity index (χ1v) is 10.4. The molecule has 1 aliphatic heterocycles. The quantitative estimate of drug-likeness (QED) is 0.496. The van der Waals surface area contributed by atoms with Gasteiger partial charge >= 0.3 is 0 Å². The van der Waals surface area contributed by atoms with Gasteiger partial charge in [0.15, 0.2) is 29.1 Å². The average Bonchev–Trinajstić information content (AvgIpc) is 3.26. The van der Waals surface area contributed by atoms with Gasteiger partial charge in [-0.1, -0.05) is 6.07 Å². The van der Waals surface area contributed by atoms with Gasteiger partial charge in [0.05, 0.1) is 14.2 Å². The number of methoxy groups -OCH3 is 2. The van der Waals surface area contributed by atoms with Crippen molar-refractivity contribution < 1.29 is 18.3 Å². The largest absolute Gasteiger partial charge is 0.493 e. The Labute approximate surface area is 182 Å². The number of halogens is 2. The second-order valence-corrected chi connectivity index (χ2v) is 7.52. The maximum absolute atomic E-state index is 13.5. The van der Waals surface area contributed by atoms with Crippen LogP contribution in [-0.4, -0.2) is 53.4 Å². The van der Waals surface area contributed by atoms with Crippen LogP contribution < -0.4 is 25.0 Å². The van der Waals surface area contributed by atoms with E-state index in [-0.39, 0.29) is 0 Å². The van der Waals surface area contributed by atoms with Crippen LogP contribution in [0.5, 0.6) is 11.5 Å². The van der Waals surface area contributed by atoms with Crippen molar-refractivity contribution in [1.29, 1.82) is 0 Å².